The highest BCUT2D eigenvalue weighted by Crippen LogP contribution is 2.16. The van der Waals surface area contributed by atoms with Gasteiger partial charge < -0.3 is 5.32 Å². The number of nitrogens with zero attached hydrogens (tertiary/aromatic N) is 1. The Hall–Kier alpha value is -2.31. The maximum absolute atomic E-state index is 12.0. The van der Waals surface area contributed by atoms with Crippen LogP contribution in [-0.4, -0.2) is 12.3 Å². The van der Waals surface area contributed by atoms with Gasteiger partial charge in [-0.05, 0) is 30.3 Å². The molecule has 0 spiro atoms. The third-order valence-electron chi connectivity index (χ3n) is 2.59. The summed E-state index contributed by atoms with van der Waals surface area (Å²) in [6, 6.07) is 13.8. The van der Waals surface area contributed by atoms with Gasteiger partial charge >= 0.3 is 0 Å². The summed E-state index contributed by atoms with van der Waals surface area (Å²) in [6.45, 7) is 7.11. The topological polar surface area (TPSA) is 33.5 Å². The number of ketones is 1. The van der Waals surface area contributed by atoms with Gasteiger partial charge in [0.2, 0.25) is 0 Å². The highest BCUT2D eigenvalue weighted by Gasteiger charge is 2.06. The highest BCUT2D eigenvalue weighted by molar-refractivity contribution is 6.30. The Morgan fingerprint density at radius 1 is 1.21 bits per heavy atom. The summed E-state index contributed by atoms with van der Waals surface area (Å²) >= 11 is 5.78. The minimum atomic E-state index is -0.0551. The lowest BCUT2D eigenvalue weighted by Gasteiger charge is -2.06. The van der Waals surface area contributed by atoms with E-state index in [4.69, 9.17) is 18.2 Å². The van der Waals surface area contributed by atoms with Crippen LogP contribution in [0.4, 0.5) is 11.4 Å². The number of nitrogens with one attached hydrogen (secondary N) is 1. The first-order valence-electron chi connectivity index (χ1n) is 5.69. The molecule has 2 rings (SSSR count). The van der Waals surface area contributed by atoms with Gasteiger partial charge in [0.1, 0.15) is 0 Å². The van der Waals surface area contributed by atoms with Gasteiger partial charge in [-0.25, -0.2) is 4.85 Å². The van der Waals surface area contributed by atoms with Crippen molar-refractivity contribution in [3.05, 3.63) is 70.5 Å². The Kier molecular flexibility index (Phi) is 4.17. The molecule has 0 saturated heterocycles. The molecule has 0 bridgehead atoms. The van der Waals surface area contributed by atoms with E-state index >= 15 is 0 Å². The average molecular weight is 271 g/mol. The lowest BCUT2D eigenvalue weighted by atomic mass is 10.1. The number of hydrogen-bond donors (Lipinski definition) is 1. The minimum Gasteiger partial charge on any atom is -0.378 e. The predicted molar refractivity (Wildman–Crippen MR) is 77.0 cm³/mol. The summed E-state index contributed by atoms with van der Waals surface area (Å²) in [6.07, 6.45) is 0. The Morgan fingerprint density at radius 2 is 1.95 bits per heavy atom. The second kappa shape index (κ2) is 6.03. The number of Topliss-reactive ketones (excluding diaryl/α,β-unsaturated/α-hetero) is 1. The van der Waals surface area contributed by atoms with Crippen LogP contribution in [0.1, 0.15) is 10.4 Å². The van der Waals surface area contributed by atoms with Gasteiger partial charge in [-0.15, -0.1) is 0 Å². The van der Waals surface area contributed by atoms with Crippen LogP contribution in [0.2, 0.25) is 5.02 Å². The first-order chi connectivity index (χ1) is 9.19. The summed E-state index contributed by atoms with van der Waals surface area (Å²) in [4.78, 5) is 15.3. The molecule has 94 valence electrons. The molecule has 2 aromatic rings. The Labute approximate surface area is 116 Å². The molecule has 0 amide bonds. The lowest BCUT2D eigenvalue weighted by Crippen LogP contribution is -2.13. The highest BCUT2D eigenvalue weighted by atomic mass is 35.5. The quantitative estimate of drug-likeness (QED) is 0.668. The van der Waals surface area contributed by atoms with E-state index in [-0.39, 0.29) is 12.3 Å². The van der Waals surface area contributed by atoms with Crippen molar-refractivity contribution in [2.75, 3.05) is 11.9 Å². The summed E-state index contributed by atoms with van der Waals surface area (Å²) in [7, 11) is 0. The summed E-state index contributed by atoms with van der Waals surface area (Å²) in [5.74, 6) is -0.0551. The van der Waals surface area contributed by atoms with Crippen molar-refractivity contribution < 1.29 is 4.79 Å². The molecule has 19 heavy (non-hydrogen) atoms. The molecule has 4 heteroatoms. The minimum absolute atomic E-state index is 0.0551. The van der Waals surface area contributed by atoms with Crippen LogP contribution in [0.15, 0.2) is 48.5 Å². The van der Waals surface area contributed by atoms with Crippen LogP contribution in [0.3, 0.4) is 0 Å². The van der Waals surface area contributed by atoms with Gasteiger partial charge in [0, 0.05) is 16.3 Å². The Morgan fingerprint density at radius 3 is 2.63 bits per heavy atom. The average Bonchev–Trinajstić information content (AvgIpc) is 2.46. The zero-order valence-corrected chi connectivity index (χ0v) is 10.8. The molecule has 0 unspecified atom stereocenters. The van der Waals surface area contributed by atoms with Crippen LogP contribution in [0.25, 0.3) is 4.85 Å². The third kappa shape index (κ3) is 3.57. The fraction of sp³-hybridized carbons (Fsp3) is 0.0667. The molecule has 0 atom stereocenters. The van der Waals surface area contributed by atoms with Crippen LogP contribution >= 0.6 is 11.6 Å². The van der Waals surface area contributed by atoms with E-state index in [0.29, 0.717) is 16.3 Å². The second-order valence-corrected chi connectivity index (χ2v) is 4.38. The molecule has 0 saturated carbocycles. The maximum atomic E-state index is 12.0. The smallest absolute Gasteiger partial charge is 0.187 e. The van der Waals surface area contributed by atoms with Crippen LogP contribution in [-0.2, 0) is 0 Å². The molecule has 0 aromatic heterocycles. The first-order valence-corrected chi connectivity index (χ1v) is 6.07. The molecule has 0 heterocycles. The molecule has 3 nitrogen and oxygen atoms in total. The van der Waals surface area contributed by atoms with E-state index in [1.54, 1.807) is 36.4 Å². The van der Waals surface area contributed by atoms with Gasteiger partial charge in [-0.3, -0.25) is 4.79 Å². The molecule has 0 aliphatic rings. The molecule has 2 aromatic carbocycles. The molecular weight excluding hydrogens is 260 g/mol. The van der Waals surface area contributed by atoms with Crippen molar-refractivity contribution >= 4 is 28.8 Å². The van der Waals surface area contributed by atoms with E-state index in [1.807, 2.05) is 12.1 Å². The number of rotatable bonds is 4. The second-order valence-electron chi connectivity index (χ2n) is 3.95. The molecule has 0 aliphatic heterocycles. The Bertz CT molecular complexity index is 629. The number of benzene rings is 2. The van der Waals surface area contributed by atoms with E-state index in [0.717, 1.165) is 5.69 Å². The fourth-order valence-corrected chi connectivity index (χ4v) is 1.73. The molecule has 0 aliphatic carbocycles. The fourth-order valence-electron chi connectivity index (χ4n) is 1.60. The number of carbonyl (C=O) groups excluding carboxylic acids is 1. The molecule has 0 fully saturated rings. The summed E-state index contributed by atoms with van der Waals surface area (Å²) < 4.78 is 0. The number of carbonyl (C=O) groups is 1. The van der Waals surface area contributed by atoms with E-state index in [9.17, 15) is 4.79 Å². The van der Waals surface area contributed by atoms with Crippen molar-refractivity contribution in [2.24, 2.45) is 0 Å². The summed E-state index contributed by atoms with van der Waals surface area (Å²) in [5.41, 5.74) is 1.84. The molecule has 1 N–H and O–H groups in total. The van der Waals surface area contributed by atoms with E-state index < -0.39 is 0 Å². The van der Waals surface area contributed by atoms with E-state index in [1.165, 1.54) is 0 Å². The Balaban J connectivity index is 2.01. The standard InChI is InChI=1S/C15H11ClN2O/c1-17-14-4-2-3-11(9-14)15(19)10-18-13-7-5-12(16)6-8-13/h2-9,18H,10H2. The number of anilines is 1. The van der Waals surface area contributed by atoms with Crippen LogP contribution < -0.4 is 5.32 Å². The van der Waals surface area contributed by atoms with Gasteiger partial charge in [0.25, 0.3) is 0 Å². The third-order valence-corrected chi connectivity index (χ3v) is 2.85. The lowest BCUT2D eigenvalue weighted by molar-refractivity contribution is 0.101. The van der Waals surface area contributed by atoms with E-state index in [2.05, 4.69) is 10.2 Å². The molecular formula is C15H11ClN2O. The van der Waals surface area contributed by atoms with Gasteiger partial charge in [0.15, 0.2) is 11.5 Å². The normalized spacial score (nSPS) is 9.68. The SMILES string of the molecule is [C-]#[N+]c1cccc(C(=O)CNc2ccc(Cl)cc2)c1. The van der Waals surface area contributed by atoms with Gasteiger partial charge in [-0.1, -0.05) is 29.8 Å². The first kappa shape index (κ1) is 13.1. The van der Waals surface area contributed by atoms with Crippen molar-refractivity contribution in [1.82, 2.24) is 0 Å². The zero-order valence-electron chi connectivity index (χ0n) is 10.1. The maximum Gasteiger partial charge on any atom is 0.187 e. The van der Waals surface area contributed by atoms with Crippen LogP contribution in [0.5, 0.6) is 0 Å². The number of halogens is 1. The summed E-state index contributed by atoms with van der Waals surface area (Å²) in [5, 5.41) is 3.68. The largest absolute Gasteiger partial charge is 0.378 e. The monoisotopic (exact) mass is 270 g/mol. The predicted octanol–water partition coefficient (Wildman–Crippen LogP) is 4.19. The van der Waals surface area contributed by atoms with Crippen molar-refractivity contribution in [2.45, 2.75) is 0 Å². The van der Waals surface area contributed by atoms with Gasteiger partial charge in [0.05, 0.1) is 13.1 Å². The number of hydrogen-bond acceptors (Lipinski definition) is 2. The van der Waals surface area contributed by atoms with Crippen molar-refractivity contribution in [1.29, 1.82) is 0 Å². The van der Waals surface area contributed by atoms with Gasteiger partial charge in [-0.2, -0.15) is 0 Å². The van der Waals surface area contributed by atoms with Crippen LogP contribution in [0, 0.1) is 6.57 Å². The van der Waals surface area contributed by atoms with Crippen molar-refractivity contribution in [3.63, 3.8) is 0 Å². The van der Waals surface area contributed by atoms with Crippen molar-refractivity contribution in [3.8, 4) is 0 Å². The molecule has 0 radical (unpaired) electrons. The zero-order chi connectivity index (χ0) is 13.7.